The van der Waals surface area contributed by atoms with Crippen LogP contribution in [-0.2, 0) is 6.54 Å². The van der Waals surface area contributed by atoms with E-state index in [4.69, 9.17) is 0 Å². The van der Waals surface area contributed by atoms with E-state index in [0.29, 0.717) is 5.69 Å². The van der Waals surface area contributed by atoms with Gasteiger partial charge in [0.15, 0.2) is 11.3 Å². The lowest BCUT2D eigenvalue weighted by molar-refractivity contribution is 0.472. The molecule has 4 rings (SSSR count). The number of hydrogen-bond donors (Lipinski definition) is 1. The molecule has 0 aliphatic heterocycles. The second-order valence-electron chi connectivity index (χ2n) is 6.05. The Balaban J connectivity index is 1.86. The van der Waals surface area contributed by atoms with Crippen molar-refractivity contribution in [3.63, 3.8) is 0 Å². The molecule has 6 nitrogen and oxygen atoms in total. The van der Waals surface area contributed by atoms with E-state index in [1.165, 1.54) is 27.3 Å². The molecule has 0 amide bonds. The first-order valence-corrected chi connectivity index (χ1v) is 8.18. The Morgan fingerprint density at radius 1 is 1.04 bits per heavy atom. The number of pyridine rings is 2. The Bertz CT molecular complexity index is 1250. The predicted molar refractivity (Wildman–Crippen MR) is 98.3 cm³/mol. The van der Waals surface area contributed by atoms with Gasteiger partial charge in [-0.05, 0) is 29.8 Å². The van der Waals surface area contributed by atoms with Crippen LogP contribution in [0.1, 0.15) is 5.56 Å². The van der Waals surface area contributed by atoms with Gasteiger partial charge >= 0.3 is 0 Å². The van der Waals surface area contributed by atoms with E-state index >= 15 is 0 Å². The van der Waals surface area contributed by atoms with Gasteiger partial charge in [-0.2, -0.15) is 0 Å². The van der Waals surface area contributed by atoms with Crippen molar-refractivity contribution in [1.29, 1.82) is 0 Å². The number of aromatic hydroxyl groups is 1. The highest BCUT2D eigenvalue weighted by Crippen LogP contribution is 2.18. The maximum absolute atomic E-state index is 13.0. The van der Waals surface area contributed by atoms with Crippen molar-refractivity contribution < 1.29 is 9.50 Å². The maximum atomic E-state index is 13.0. The maximum Gasteiger partial charge on any atom is 0.279 e. The monoisotopic (exact) mass is 363 g/mol. The fraction of sp³-hybridized carbons (Fsp3) is 0.0500. The molecule has 1 N–H and O–H groups in total. The molecule has 0 bridgehead atoms. The Morgan fingerprint density at radius 2 is 1.81 bits per heavy atom. The summed E-state index contributed by atoms with van der Waals surface area (Å²) < 4.78 is 15.8. The van der Waals surface area contributed by atoms with E-state index in [1.54, 1.807) is 48.9 Å². The van der Waals surface area contributed by atoms with Gasteiger partial charge in [0.1, 0.15) is 5.82 Å². The van der Waals surface area contributed by atoms with E-state index in [9.17, 15) is 19.1 Å². The van der Waals surface area contributed by atoms with Gasteiger partial charge in [-0.1, -0.05) is 18.2 Å². The van der Waals surface area contributed by atoms with E-state index in [-0.39, 0.29) is 23.4 Å². The molecule has 134 valence electrons. The van der Waals surface area contributed by atoms with Gasteiger partial charge in [0.25, 0.3) is 5.56 Å². The summed E-state index contributed by atoms with van der Waals surface area (Å²) in [7, 11) is 0. The highest BCUT2D eigenvalue weighted by molar-refractivity contribution is 5.68. The molecule has 0 aliphatic carbocycles. The molecule has 0 unspecified atom stereocenters. The average molecular weight is 363 g/mol. The first kappa shape index (κ1) is 16.7. The highest BCUT2D eigenvalue weighted by atomic mass is 19.1. The molecule has 0 saturated carbocycles. The van der Waals surface area contributed by atoms with Gasteiger partial charge in [-0.25, -0.2) is 4.39 Å². The normalized spacial score (nSPS) is 11.0. The van der Waals surface area contributed by atoms with Crippen LogP contribution < -0.4 is 11.0 Å². The minimum Gasteiger partial charge on any atom is -0.503 e. The average Bonchev–Trinajstić information content (AvgIpc) is 2.69. The van der Waals surface area contributed by atoms with Crippen molar-refractivity contribution in [3.8, 4) is 17.0 Å². The van der Waals surface area contributed by atoms with Crippen LogP contribution >= 0.6 is 0 Å². The van der Waals surface area contributed by atoms with E-state index in [2.05, 4.69) is 4.98 Å². The van der Waals surface area contributed by atoms with Crippen LogP contribution in [0.3, 0.4) is 0 Å². The second-order valence-corrected chi connectivity index (χ2v) is 6.05. The molecule has 0 atom stereocenters. The zero-order valence-electron chi connectivity index (χ0n) is 14.0. The summed E-state index contributed by atoms with van der Waals surface area (Å²) >= 11 is 0. The standard InChI is InChI=1S/C20H14FN3O3/c21-14-6-4-13(5-7-14)11-24-10-9-23-12-15(16-3-1-2-8-22-16)18(25)19(26)17(23)20(24)27/h1-10,12,26H,11H2. The van der Waals surface area contributed by atoms with Crippen LogP contribution in [0.4, 0.5) is 4.39 Å². The van der Waals surface area contributed by atoms with E-state index < -0.39 is 16.7 Å². The molecule has 3 heterocycles. The molecule has 4 aromatic rings. The fourth-order valence-electron chi connectivity index (χ4n) is 2.92. The molecule has 0 spiro atoms. The number of rotatable bonds is 3. The Hall–Kier alpha value is -3.74. The Kier molecular flexibility index (Phi) is 4.04. The van der Waals surface area contributed by atoms with Gasteiger partial charge in [0, 0.05) is 24.8 Å². The molecule has 3 aromatic heterocycles. The van der Waals surface area contributed by atoms with Crippen LogP contribution in [0.15, 0.2) is 76.8 Å². The zero-order valence-corrected chi connectivity index (χ0v) is 14.0. The first-order chi connectivity index (χ1) is 13.0. The Morgan fingerprint density at radius 3 is 2.52 bits per heavy atom. The molecule has 27 heavy (non-hydrogen) atoms. The van der Waals surface area contributed by atoms with Crippen molar-refractivity contribution in [2.24, 2.45) is 0 Å². The highest BCUT2D eigenvalue weighted by Gasteiger charge is 2.16. The molecule has 0 fully saturated rings. The Labute approximate surface area is 152 Å². The van der Waals surface area contributed by atoms with Gasteiger partial charge in [0.2, 0.25) is 5.43 Å². The van der Waals surface area contributed by atoms with E-state index in [1.807, 2.05) is 0 Å². The summed E-state index contributed by atoms with van der Waals surface area (Å²) in [6.45, 7) is 0.186. The lowest BCUT2D eigenvalue weighted by Gasteiger charge is -2.11. The molecule has 1 aromatic carbocycles. The van der Waals surface area contributed by atoms with Crippen LogP contribution in [-0.4, -0.2) is 19.1 Å². The quantitative estimate of drug-likeness (QED) is 0.606. The summed E-state index contributed by atoms with van der Waals surface area (Å²) in [5, 5.41) is 10.4. The van der Waals surface area contributed by atoms with Crippen molar-refractivity contribution in [3.05, 3.63) is 99.2 Å². The summed E-state index contributed by atoms with van der Waals surface area (Å²) in [6, 6.07) is 10.9. The number of hydrogen-bond acceptors (Lipinski definition) is 4. The van der Waals surface area contributed by atoms with Gasteiger partial charge in [-0.3, -0.25) is 14.6 Å². The smallest absolute Gasteiger partial charge is 0.279 e. The summed E-state index contributed by atoms with van der Waals surface area (Å²) in [4.78, 5) is 29.4. The van der Waals surface area contributed by atoms with Crippen LogP contribution in [0, 0.1) is 5.82 Å². The lowest BCUT2D eigenvalue weighted by Crippen LogP contribution is -2.24. The SMILES string of the molecule is O=c1c(-c2ccccn2)cn2ccn(Cc3ccc(F)cc3)c(=O)c2c1O. The molecule has 7 heteroatoms. The van der Waals surface area contributed by atoms with Crippen molar-refractivity contribution in [2.45, 2.75) is 6.54 Å². The summed E-state index contributed by atoms with van der Waals surface area (Å²) in [5.41, 5.74) is 0.0115. The predicted octanol–water partition coefficient (Wildman–Crippen LogP) is 2.42. The third-order valence-corrected chi connectivity index (χ3v) is 4.29. The first-order valence-electron chi connectivity index (χ1n) is 8.18. The third kappa shape index (κ3) is 2.99. The molecular formula is C20H14FN3O3. The fourth-order valence-corrected chi connectivity index (χ4v) is 2.92. The molecular weight excluding hydrogens is 349 g/mol. The third-order valence-electron chi connectivity index (χ3n) is 4.29. The van der Waals surface area contributed by atoms with Crippen LogP contribution in [0.25, 0.3) is 16.8 Å². The summed E-state index contributed by atoms with van der Waals surface area (Å²) in [6.07, 6.45) is 6.14. The van der Waals surface area contributed by atoms with Crippen molar-refractivity contribution in [1.82, 2.24) is 14.0 Å². The van der Waals surface area contributed by atoms with E-state index in [0.717, 1.165) is 5.56 Å². The largest absolute Gasteiger partial charge is 0.503 e. The minimum atomic E-state index is -0.662. The van der Waals surface area contributed by atoms with Gasteiger partial charge in [-0.15, -0.1) is 0 Å². The lowest BCUT2D eigenvalue weighted by atomic mass is 10.1. The van der Waals surface area contributed by atoms with Crippen LogP contribution in [0.5, 0.6) is 5.75 Å². The number of fused-ring (bicyclic) bond motifs is 1. The van der Waals surface area contributed by atoms with Gasteiger partial charge < -0.3 is 14.1 Å². The van der Waals surface area contributed by atoms with Crippen LogP contribution in [0.2, 0.25) is 0 Å². The van der Waals surface area contributed by atoms with Crippen molar-refractivity contribution >= 4 is 5.52 Å². The second kappa shape index (κ2) is 6.53. The molecule has 0 saturated heterocycles. The molecule has 0 aliphatic rings. The zero-order chi connectivity index (χ0) is 19.0. The van der Waals surface area contributed by atoms with Crippen molar-refractivity contribution in [2.75, 3.05) is 0 Å². The number of aromatic nitrogens is 3. The topological polar surface area (TPSA) is 76.6 Å². The number of nitrogens with zero attached hydrogens (tertiary/aromatic N) is 3. The number of benzene rings is 1. The minimum absolute atomic E-state index is 0.121. The van der Waals surface area contributed by atoms with Gasteiger partial charge in [0.05, 0.1) is 17.8 Å². The summed E-state index contributed by atoms with van der Waals surface area (Å²) in [5.74, 6) is -0.993. The number of halogens is 1. The molecule has 0 radical (unpaired) electrons.